The van der Waals surface area contributed by atoms with Gasteiger partial charge in [-0.1, -0.05) is 15.9 Å². The number of hydrogen-bond donors (Lipinski definition) is 2. The van der Waals surface area contributed by atoms with Gasteiger partial charge in [0.2, 0.25) is 0 Å². The Morgan fingerprint density at radius 1 is 1.42 bits per heavy atom. The summed E-state index contributed by atoms with van der Waals surface area (Å²) in [5.41, 5.74) is -0.0692. The van der Waals surface area contributed by atoms with Crippen molar-refractivity contribution in [2.75, 3.05) is 32.1 Å². The van der Waals surface area contributed by atoms with Crippen LogP contribution < -0.4 is 10.1 Å². The summed E-state index contributed by atoms with van der Waals surface area (Å²) in [6.07, 6.45) is 0. The second-order valence-corrected chi connectivity index (χ2v) is 6.83. The lowest BCUT2D eigenvalue weighted by Gasteiger charge is -2.17. The summed E-state index contributed by atoms with van der Waals surface area (Å²) < 4.78 is 35.4. The average molecular weight is 500 g/mol. The molecule has 11 heteroatoms. The van der Waals surface area contributed by atoms with Crippen molar-refractivity contribution < 1.29 is 33.0 Å². The number of ether oxygens (including phenoxy) is 2. The van der Waals surface area contributed by atoms with Gasteiger partial charge >= 0.3 is 12.6 Å². The predicted molar refractivity (Wildman–Crippen MR) is 94.8 cm³/mol. The maximum absolute atomic E-state index is 12.7. The zero-order valence-electron chi connectivity index (χ0n) is 13.4. The highest BCUT2D eigenvalue weighted by Crippen LogP contribution is 2.39. The maximum Gasteiger partial charge on any atom is 0.387 e. The zero-order valence-corrected chi connectivity index (χ0v) is 16.6. The number of rotatable bonds is 7. The van der Waals surface area contributed by atoms with E-state index in [-0.39, 0.29) is 42.4 Å². The van der Waals surface area contributed by atoms with Crippen molar-refractivity contribution in [3.63, 3.8) is 0 Å². The molecule has 0 aliphatic carbocycles. The highest BCUT2D eigenvalue weighted by Gasteiger charge is 2.35. The van der Waals surface area contributed by atoms with Crippen LogP contribution in [0.5, 0.6) is 5.75 Å². The third-order valence-electron chi connectivity index (χ3n) is 3.44. The van der Waals surface area contributed by atoms with Crippen molar-refractivity contribution in [2.45, 2.75) is 6.61 Å². The lowest BCUT2D eigenvalue weighted by molar-refractivity contribution is -0.136. The Balaban J connectivity index is 2.46. The fourth-order valence-corrected chi connectivity index (χ4v) is 3.62. The SMILES string of the molecule is COC(=O)C1=C(Nc2c(Br)cc(Br)cc2OC(F)F)C(=O)N(CCO)C1. The number of aliphatic hydroxyl groups excluding tert-OH is 1. The van der Waals surface area contributed by atoms with Gasteiger partial charge in [0.15, 0.2) is 5.75 Å². The summed E-state index contributed by atoms with van der Waals surface area (Å²) in [4.78, 5) is 25.7. The van der Waals surface area contributed by atoms with Gasteiger partial charge in [0.05, 0.1) is 31.5 Å². The van der Waals surface area contributed by atoms with Crippen LogP contribution in [0.4, 0.5) is 14.5 Å². The molecule has 1 aromatic rings. The Kier molecular flexibility index (Phi) is 6.95. The molecule has 142 valence electrons. The molecular formula is C15H14Br2F2N2O5. The molecule has 0 saturated heterocycles. The normalized spacial score (nSPS) is 14.3. The molecule has 0 radical (unpaired) electrons. The molecule has 1 aromatic carbocycles. The number of benzene rings is 1. The van der Waals surface area contributed by atoms with E-state index >= 15 is 0 Å². The van der Waals surface area contributed by atoms with Crippen molar-refractivity contribution in [3.05, 3.63) is 32.3 Å². The van der Waals surface area contributed by atoms with Gasteiger partial charge in [-0.05, 0) is 28.1 Å². The summed E-state index contributed by atoms with van der Waals surface area (Å²) in [6, 6.07) is 2.85. The standard InChI is InChI=1S/C15H14Br2F2N2O5/c1-25-14(24)8-6-21(2-3-22)13(23)11(8)20-12-9(17)4-7(16)5-10(12)26-15(18)19/h4-5,15,20,22H,2-3,6H2,1H3. The van der Waals surface area contributed by atoms with E-state index in [0.717, 1.165) is 7.11 Å². The average Bonchev–Trinajstić information content (AvgIpc) is 2.86. The molecule has 0 unspecified atom stereocenters. The number of esters is 1. The van der Waals surface area contributed by atoms with Gasteiger partial charge in [-0.15, -0.1) is 0 Å². The molecule has 0 bridgehead atoms. The molecule has 1 heterocycles. The van der Waals surface area contributed by atoms with E-state index in [4.69, 9.17) is 5.11 Å². The van der Waals surface area contributed by atoms with Crippen LogP contribution in [-0.2, 0) is 14.3 Å². The van der Waals surface area contributed by atoms with Crippen LogP contribution in [0, 0.1) is 0 Å². The second kappa shape index (κ2) is 8.78. The number of anilines is 1. The molecule has 26 heavy (non-hydrogen) atoms. The summed E-state index contributed by atoms with van der Waals surface area (Å²) in [6.45, 7) is -3.45. The molecule has 0 aromatic heterocycles. The number of β-amino-alcohol motifs (C(OH)–C–C–N with tert-alkyl or cyclic N) is 1. The summed E-state index contributed by atoms with van der Waals surface area (Å²) in [5.74, 6) is -1.55. The van der Waals surface area contributed by atoms with Crippen molar-refractivity contribution in [2.24, 2.45) is 0 Å². The first-order chi connectivity index (χ1) is 12.3. The Labute approximate surface area is 164 Å². The topological polar surface area (TPSA) is 88.1 Å². The highest BCUT2D eigenvalue weighted by molar-refractivity contribution is 9.11. The van der Waals surface area contributed by atoms with E-state index in [9.17, 15) is 18.4 Å². The van der Waals surface area contributed by atoms with Crippen molar-refractivity contribution in [1.82, 2.24) is 4.90 Å². The van der Waals surface area contributed by atoms with E-state index in [2.05, 4.69) is 46.7 Å². The van der Waals surface area contributed by atoms with Crippen LogP contribution in [0.15, 0.2) is 32.3 Å². The van der Waals surface area contributed by atoms with Crippen LogP contribution in [0.3, 0.4) is 0 Å². The van der Waals surface area contributed by atoms with Gasteiger partial charge in [-0.25, -0.2) is 4.79 Å². The quantitative estimate of drug-likeness (QED) is 0.560. The van der Waals surface area contributed by atoms with Gasteiger partial charge in [0.1, 0.15) is 5.70 Å². The summed E-state index contributed by atoms with van der Waals surface area (Å²) in [7, 11) is 1.16. The summed E-state index contributed by atoms with van der Waals surface area (Å²) in [5, 5.41) is 11.7. The molecule has 2 N–H and O–H groups in total. The number of alkyl halides is 2. The number of carbonyl (C=O) groups is 2. The first-order valence-corrected chi connectivity index (χ1v) is 8.79. The number of amides is 1. The van der Waals surface area contributed by atoms with Gasteiger partial charge in [0, 0.05) is 15.5 Å². The van der Waals surface area contributed by atoms with Crippen LogP contribution in [0.25, 0.3) is 0 Å². The lowest BCUT2D eigenvalue weighted by Crippen LogP contribution is -2.31. The number of halogens is 4. The molecular weight excluding hydrogens is 486 g/mol. The zero-order chi connectivity index (χ0) is 19.4. The third kappa shape index (κ3) is 4.51. The minimum absolute atomic E-state index is 0.00636. The van der Waals surface area contributed by atoms with Crippen LogP contribution in [-0.4, -0.2) is 55.3 Å². The second-order valence-electron chi connectivity index (χ2n) is 5.06. The molecule has 1 aliphatic heterocycles. The van der Waals surface area contributed by atoms with Crippen molar-refractivity contribution in [3.8, 4) is 5.75 Å². The maximum atomic E-state index is 12.7. The minimum Gasteiger partial charge on any atom is -0.466 e. The summed E-state index contributed by atoms with van der Waals surface area (Å²) >= 11 is 6.38. The molecule has 1 amide bonds. The van der Waals surface area contributed by atoms with Gasteiger partial charge in [-0.3, -0.25) is 4.79 Å². The van der Waals surface area contributed by atoms with E-state index in [0.29, 0.717) is 8.95 Å². The number of nitrogens with zero attached hydrogens (tertiary/aromatic N) is 1. The van der Waals surface area contributed by atoms with Crippen LogP contribution >= 0.6 is 31.9 Å². The highest BCUT2D eigenvalue weighted by atomic mass is 79.9. The first-order valence-electron chi connectivity index (χ1n) is 7.21. The lowest BCUT2D eigenvalue weighted by atomic mass is 10.2. The van der Waals surface area contributed by atoms with E-state index in [1.54, 1.807) is 6.07 Å². The number of aliphatic hydroxyl groups is 1. The smallest absolute Gasteiger partial charge is 0.387 e. The third-order valence-corrected chi connectivity index (χ3v) is 4.52. The molecule has 1 aliphatic rings. The Morgan fingerprint density at radius 2 is 2.12 bits per heavy atom. The number of methoxy groups -OCH3 is 1. The largest absolute Gasteiger partial charge is 0.466 e. The fraction of sp³-hybridized carbons (Fsp3) is 0.333. The molecule has 0 saturated carbocycles. The van der Waals surface area contributed by atoms with E-state index in [1.165, 1.54) is 11.0 Å². The molecule has 0 atom stereocenters. The Hall–Kier alpha value is -1.72. The minimum atomic E-state index is -3.09. The van der Waals surface area contributed by atoms with Crippen molar-refractivity contribution >= 4 is 49.4 Å². The Bertz CT molecular complexity index is 758. The van der Waals surface area contributed by atoms with E-state index in [1.807, 2.05) is 0 Å². The van der Waals surface area contributed by atoms with Gasteiger partial charge in [-0.2, -0.15) is 8.78 Å². The number of hydrogen-bond acceptors (Lipinski definition) is 6. The molecule has 0 spiro atoms. The van der Waals surface area contributed by atoms with Crippen molar-refractivity contribution in [1.29, 1.82) is 0 Å². The van der Waals surface area contributed by atoms with Gasteiger partial charge in [0.25, 0.3) is 5.91 Å². The number of nitrogens with one attached hydrogen (secondary N) is 1. The molecule has 2 rings (SSSR count). The fourth-order valence-electron chi connectivity index (χ4n) is 2.33. The molecule has 0 fully saturated rings. The van der Waals surface area contributed by atoms with E-state index < -0.39 is 18.5 Å². The van der Waals surface area contributed by atoms with Crippen LogP contribution in [0.1, 0.15) is 0 Å². The first kappa shape index (κ1) is 20.6. The monoisotopic (exact) mass is 498 g/mol. The van der Waals surface area contributed by atoms with Crippen LogP contribution in [0.2, 0.25) is 0 Å². The molecule has 7 nitrogen and oxygen atoms in total. The predicted octanol–water partition coefficient (Wildman–Crippen LogP) is 2.49. The number of carbonyl (C=O) groups excluding carboxylic acids is 2. The Morgan fingerprint density at radius 3 is 2.69 bits per heavy atom. The van der Waals surface area contributed by atoms with Gasteiger partial charge < -0.3 is 24.8 Å².